The molecule has 0 unspecified atom stereocenters. The van der Waals surface area contributed by atoms with E-state index in [-0.39, 0.29) is 5.56 Å². The van der Waals surface area contributed by atoms with Crippen LogP contribution in [0.25, 0.3) is 0 Å². The van der Waals surface area contributed by atoms with Gasteiger partial charge in [0.05, 0.1) is 5.69 Å². The van der Waals surface area contributed by atoms with E-state index in [4.69, 9.17) is 0 Å². The van der Waals surface area contributed by atoms with Gasteiger partial charge < -0.3 is 0 Å². The third kappa shape index (κ3) is 1.80. The summed E-state index contributed by atoms with van der Waals surface area (Å²) in [6.07, 6.45) is 0.899. The number of nitrogens with zero attached hydrogens (tertiary/aromatic N) is 1. The van der Waals surface area contributed by atoms with E-state index in [9.17, 15) is 4.79 Å². The maximum Gasteiger partial charge on any atom is 0.280 e. The second kappa shape index (κ2) is 3.47. The molecule has 0 bridgehead atoms. The van der Waals surface area contributed by atoms with Crippen molar-refractivity contribution in [2.45, 2.75) is 20.3 Å². The molecule has 1 N–H and O–H groups in total. The highest BCUT2D eigenvalue weighted by atomic mass is 79.9. The van der Waals surface area contributed by atoms with Crippen molar-refractivity contribution in [3.05, 3.63) is 20.5 Å². The number of aryl methyl sites for hydroxylation is 1. The van der Waals surface area contributed by atoms with Crippen LogP contribution in [0.2, 0.25) is 0 Å². The van der Waals surface area contributed by atoms with Crippen LogP contribution in [0.4, 0.5) is 0 Å². The van der Waals surface area contributed by atoms with Crippen LogP contribution in [0.1, 0.15) is 19.5 Å². The number of hydrogen-bond acceptors (Lipinski definition) is 1. The zero-order valence-corrected chi connectivity index (χ0v) is 9.10. The van der Waals surface area contributed by atoms with Crippen LogP contribution in [0.3, 0.4) is 0 Å². The minimum absolute atomic E-state index is 0.00523. The number of H-pyrrole nitrogens is 1. The number of aromatic amines is 1. The fourth-order valence-corrected chi connectivity index (χ4v) is 1.64. The summed E-state index contributed by atoms with van der Waals surface area (Å²) in [5, 5.41) is 3.00. The van der Waals surface area contributed by atoms with Gasteiger partial charge in [-0.05, 0) is 28.3 Å². The van der Waals surface area contributed by atoms with Crippen LogP contribution >= 0.6 is 15.9 Å². The Bertz CT molecular complexity index is 324. The predicted molar refractivity (Wildman–Crippen MR) is 52.3 cm³/mol. The molecule has 1 aromatic heterocycles. The van der Waals surface area contributed by atoms with Crippen molar-refractivity contribution in [2.75, 3.05) is 0 Å². The van der Waals surface area contributed by atoms with E-state index in [2.05, 4.69) is 34.9 Å². The molecule has 0 radical (unpaired) electrons. The highest BCUT2D eigenvalue weighted by molar-refractivity contribution is 9.10. The quantitative estimate of drug-likeness (QED) is 0.828. The number of halogens is 1. The Kier molecular flexibility index (Phi) is 2.77. The Hall–Kier alpha value is -0.510. The largest absolute Gasteiger partial charge is 0.299 e. The molecule has 0 saturated carbocycles. The van der Waals surface area contributed by atoms with Gasteiger partial charge in [0.1, 0.15) is 4.47 Å². The maximum atomic E-state index is 11.3. The molecule has 3 nitrogen and oxygen atoms in total. The van der Waals surface area contributed by atoms with Gasteiger partial charge in [-0.25, -0.2) is 0 Å². The summed E-state index contributed by atoms with van der Waals surface area (Å²) in [5.74, 6) is 0.555. The summed E-state index contributed by atoms with van der Waals surface area (Å²) >= 11 is 3.26. The van der Waals surface area contributed by atoms with E-state index in [1.54, 1.807) is 7.05 Å². The molecule has 0 atom stereocenters. The molecule has 0 aromatic carbocycles. The van der Waals surface area contributed by atoms with Crippen LogP contribution in [-0.4, -0.2) is 9.78 Å². The summed E-state index contributed by atoms with van der Waals surface area (Å²) in [7, 11) is 1.72. The SMILES string of the molecule is CC(C)Cc1[nH]n(C)c(=O)c1Br. The Morgan fingerprint density at radius 3 is 2.50 bits per heavy atom. The van der Waals surface area contributed by atoms with Gasteiger partial charge in [0.2, 0.25) is 0 Å². The van der Waals surface area contributed by atoms with E-state index in [0.717, 1.165) is 12.1 Å². The molecule has 1 rings (SSSR count). The molecule has 1 aromatic rings. The van der Waals surface area contributed by atoms with E-state index in [0.29, 0.717) is 10.4 Å². The molecular weight excluding hydrogens is 220 g/mol. The van der Waals surface area contributed by atoms with Crippen LogP contribution < -0.4 is 5.56 Å². The van der Waals surface area contributed by atoms with Crippen molar-refractivity contribution in [2.24, 2.45) is 13.0 Å². The van der Waals surface area contributed by atoms with Gasteiger partial charge in [-0.2, -0.15) is 0 Å². The van der Waals surface area contributed by atoms with E-state index < -0.39 is 0 Å². The van der Waals surface area contributed by atoms with Gasteiger partial charge >= 0.3 is 0 Å². The molecule has 0 aliphatic rings. The molecule has 0 aliphatic carbocycles. The van der Waals surface area contributed by atoms with Gasteiger partial charge in [-0.15, -0.1) is 0 Å². The second-order valence-electron chi connectivity index (χ2n) is 3.37. The average Bonchev–Trinajstić information content (AvgIpc) is 2.17. The fourth-order valence-electron chi connectivity index (χ4n) is 1.12. The molecule has 0 saturated heterocycles. The number of rotatable bonds is 2. The van der Waals surface area contributed by atoms with Gasteiger partial charge in [0.25, 0.3) is 5.56 Å². The molecule has 1 heterocycles. The van der Waals surface area contributed by atoms with Gasteiger partial charge in [-0.1, -0.05) is 13.8 Å². The highest BCUT2D eigenvalue weighted by Crippen LogP contribution is 2.13. The summed E-state index contributed by atoms with van der Waals surface area (Å²) in [5.41, 5.74) is 0.989. The third-order valence-corrected chi connectivity index (χ3v) is 2.49. The third-order valence-electron chi connectivity index (χ3n) is 1.67. The first-order chi connectivity index (χ1) is 5.52. The lowest BCUT2D eigenvalue weighted by Gasteiger charge is -2.01. The van der Waals surface area contributed by atoms with Crippen molar-refractivity contribution < 1.29 is 0 Å². The van der Waals surface area contributed by atoms with Crippen LogP contribution in [0.5, 0.6) is 0 Å². The molecule has 0 amide bonds. The first kappa shape index (κ1) is 9.58. The Balaban J connectivity index is 3.02. The first-order valence-corrected chi connectivity index (χ1v) is 4.75. The summed E-state index contributed by atoms with van der Waals surface area (Å²) < 4.78 is 2.15. The Morgan fingerprint density at radius 2 is 2.17 bits per heavy atom. The lowest BCUT2D eigenvalue weighted by atomic mass is 10.1. The number of hydrogen-bond donors (Lipinski definition) is 1. The van der Waals surface area contributed by atoms with Crippen LogP contribution in [0.15, 0.2) is 9.27 Å². The van der Waals surface area contributed by atoms with Crippen molar-refractivity contribution >= 4 is 15.9 Å². The van der Waals surface area contributed by atoms with Crippen molar-refractivity contribution in [1.29, 1.82) is 0 Å². The highest BCUT2D eigenvalue weighted by Gasteiger charge is 2.09. The Labute approximate surface area is 79.9 Å². The van der Waals surface area contributed by atoms with Gasteiger partial charge in [-0.3, -0.25) is 14.6 Å². The number of aromatic nitrogens is 2. The Morgan fingerprint density at radius 1 is 1.58 bits per heavy atom. The molecule has 68 valence electrons. The van der Waals surface area contributed by atoms with Crippen molar-refractivity contribution in [1.82, 2.24) is 9.78 Å². The van der Waals surface area contributed by atoms with E-state index >= 15 is 0 Å². The smallest absolute Gasteiger partial charge is 0.280 e. The van der Waals surface area contributed by atoms with E-state index in [1.165, 1.54) is 4.68 Å². The average molecular weight is 233 g/mol. The zero-order chi connectivity index (χ0) is 9.30. The second-order valence-corrected chi connectivity index (χ2v) is 4.16. The van der Waals surface area contributed by atoms with Crippen molar-refractivity contribution in [3.8, 4) is 0 Å². The van der Waals surface area contributed by atoms with Gasteiger partial charge in [0, 0.05) is 7.05 Å². The molecule has 0 aliphatic heterocycles. The minimum atomic E-state index is 0.00523. The van der Waals surface area contributed by atoms with Gasteiger partial charge in [0.15, 0.2) is 0 Å². The predicted octanol–water partition coefficient (Wildman–Crippen LogP) is 1.67. The zero-order valence-electron chi connectivity index (χ0n) is 7.52. The summed E-state index contributed by atoms with van der Waals surface area (Å²) in [6, 6.07) is 0. The minimum Gasteiger partial charge on any atom is -0.299 e. The molecular formula is C8H13BrN2O. The monoisotopic (exact) mass is 232 g/mol. The molecule has 4 heteroatoms. The van der Waals surface area contributed by atoms with E-state index in [1.807, 2.05) is 0 Å². The number of nitrogens with one attached hydrogen (secondary N) is 1. The molecule has 0 spiro atoms. The fraction of sp³-hybridized carbons (Fsp3) is 0.625. The maximum absolute atomic E-state index is 11.3. The summed E-state index contributed by atoms with van der Waals surface area (Å²) in [4.78, 5) is 11.3. The standard InChI is InChI=1S/C8H13BrN2O/c1-5(2)4-6-7(9)8(12)11(3)10-6/h5,10H,4H2,1-3H3. The van der Waals surface area contributed by atoms with Crippen LogP contribution in [-0.2, 0) is 13.5 Å². The van der Waals surface area contributed by atoms with Crippen LogP contribution in [0, 0.1) is 5.92 Å². The first-order valence-electron chi connectivity index (χ1n) is 3.95. The topological polar surface area (TPSA) is 37.8 Å². The normalized spacial score (nSPS) is 11.1. The molecule has 0 fully saturated rings. The lowest BCUT2D eigenvalue weighted by molar-refractivity contribution is 0.618. The molecule has 12 heavy (non-hydrogen) atoms. The van der Waals surface area contributed by atoms with Crippen molar-refractivity contribution in [3.63, 3.8) is 0 Å². The lowest BCUT2D eigenvalue weighted by Crippen LogP contribution is -2.11. The summed E-state index contributed by atoms with van der Waals surface area (Å²) in [6.45, 7) is 4.25.